The van der Waals surface area contributed by atoms with E-state index in [0.29, 0.717) is 11.9 Å². The van der Waals surface area contributed by atoms with Gasteiger partial charge in [-0.25, -0.2) is 4.98 Å². The van der Waals surface area contributed by atoms with E-state index in [4.69, 9.17) is 5.73 Å². The number of nitrogens with two attached hydrogens (primary N) is 1. The summed E-state index contributed by atoms with van der Waals surface area (Å²) in [5.41, 5.74) is 6.71. The quantitative estimate of drug-likeness (QED) is 0.805. The maximum Gasteiger partial charge on any atom is 0.123 e. The summed E-state index contributed by atoms with van der Waals surface area (Å²) >= 11 is 0. The molecule has 2 N–H and O–H groups in total. The highest BCUT2D eigenvalue weighted by Crippen LogP contribution is 2.09. The van der Waals surface area contributed by atoms with Gasteiger partial charge >= 0.3 is 0 Å². The second-order valence-electron chi connectivity index (χ2n) is 3.87. The molecular formula is C12H21N3. The predicted octanol–water partition coefficient (Wildman–Crippen LogP) is 2.28. The third-order valence-corrected chi connectivity index (χ3v) is 2.81. The Morgan fingerprint density at radius 3 is 2.67 bits per heavy atom. The minimum atomic E-state index is 0.596. The molecule has 0 aromatic carbocycles. The van der Waals surface area contributed by atoms with Gasteiger partial charge in [0.2, 0.25) is 0 Å². The van der Waals surface area contributed by atoms with Crippen LogP contribution in [-0.4, -0.2) is 22.5 Å². The molecule has 0 fully saturated rings. The number of nitrogen functional groups attached to an aromatic ring is 1. The summed E-state index contributed by atoms with van der Waals surface area (Å²) in [6, 6.07) is 6.41. The van der Waals surface area contributed by atoms with Crippen LogP contribution in [0, 0.1) is 0 Å². The molecule has 0 radical (unpaired) electrons. The number of hydrogen-bond acceptors (Lipinski definition) is 3. The summed E-state index contributed by atoms with van der Waals surface area (Å²) in [5.74, 6) is 0.604. The van der Waals surface area contributed by atoms with Crippen LogP contribution in [0.2, 0.25) is 0 Å². The smallest absolute Gasteiger partial charge is 0.123 e. The SMILES string of the molecule is CCC(C)N(CC)Cc1cccc(N)n1. The maximum atomic E-state index is 5.65. The molecule has 0 saturated carbocycles. The highest BCUT2D eigenvalue weighted by atomic mass is 15.1. The molecule has 1 heterocycles. The molecule has 15 heavy (non-hydrogen) atoms. The molecule has 0 amide bonds. The van der Waals surface area contributed by atoms with Gasteiger partial charge in [-0.3, -0.25) is 4.90 Å². The van der Waals surface area contributed by atoms with Gasteiger partial charge in [0, 0.05) is 12.6 Å². The Morgan fingerprint density at radius 1 is 1.40 bits per heavy atom. The van der Waals surface area contributed by atoms with Crippen LogP contribution in [0.25, 0.3) is 0 Å². The Hall–Kier alpha value is -1.09. The Kier molecular flexibility index (Phi) is 4.56. The summed E-state index contributed by atoms with van der Waals surface area (Å²) in [6.07, 6.45) is 1.16. The number of rotatable bonds is 5. The Balaban J connectivity index is 2.66. The molecule has 3 nitrogen and oxygen atoms in total. The van der Waals surface area contributed by atoms with E-state index in [1.165, 1.54) is 0 Å². The van der Waals surface area contributed by atoms with Crippen molar-refractivity contribution >= 4 is 5.82 Å². The second kappa shape index (κ2) is 5.71. The van der Waals surface area contributed by atoms with E-state index in [1.54, 1.807) is 0 Å². The first kappa shape index (κ1) is 12.0. The molecule has 0 bridgehead atoms. The molecule has 84 valence electrons. The van der Waals surface area contributed by atoms with E-state index in [-0.39, 0.29) is 0 Å². The summed E-state index contributed by atoms with van der Waals surface area (Å²) in [7, 11) is 0. The lowest BCUT2D eigenvalue weighted by Crippen LogP contribution is -2.32. The first-order chi connectivity index (χ1) is 7.17. The first-order valence-corrected chi connectivity index (χ1v) is 5.62. The van der Waals surface area contributed by atoms with Gasteiger partial charge in [0.25, 0.3) is 0 Å². The van der Waals surface area contributed by atoms with E-state index >= 15 is 0 Å². The van der Waals surface area contributed by atoms with Crippen molar-refractivity contribution in [3.8, 4) is 0 Å². The fraction of sp³-hybridized carbons (Fsp3) is 0.583. The van der Waals surface area contributed by atoms with Gasteiger partial charge in [-0.1, -0.05) is 19.9 Å². The van der Waals surface area contributed by atoms with Gasteiger partial charge in [-0.15, -0.1) is 0 Å². The van der Waals surface area contributed by atoms with Crippen molar-refractivity contribution in [1.29, 1.82) is 0 Å². The number of hydrogen-bond donors (Lipinski definition) is 1. The minimum Gasteiger partial charge on any atom is -0.384 e. The normalized spacial score (nSPS) is 13.1. The fourth-order valence-electron chi connectivity index (χ4n) is 1.63. The zero-order valence-electron chi connectivity index (χ0n) is 9.90. The Labute approximate surface area is 92.3 Å². The molecule has 1 aromatic heterocycles. The number of pyridine rings is 1. The van der Waals surface area contributed by atoms with E-state index < -0.39 is 0 Å². The molecule has 0 aliphatic heterocycles. The third kappa shape index (κ3) is 3.51. The number of aromatic nitrogens is 1. The van der Waals surface area contributed by atoms with Gasteiger partial charge in [-0.2, -0.15) is 0 Å². The standard InChI is InChI=1S/C12H21N3/c1-4-10(3)15(5-2)9-11-7-6-8-12(13)14-11/h6-8,10H,4-5,9H2,1-3H3,(H2,13,14). The monoisotopic (exact) mass is 207 g/mol. The summed E-state index contributed by atoms with van der Waals surface area (Å²) in [5, 5.41) is 0. The van der Waals surface area contributed by atoms with Crippen LogP contribution < -0.4 is 5.73 Å². The fourth-order valence-corrected chi connectivity index (χ4v) is 1.63. The van der Waals surface area contributed by atoms with Crippen molar-refractivity contribution in [3.63, 3.8) is 0 Å². The van der Waals surface area contributed by atoms with E-state index in [9.17, 15) is 0 Å². The molecule has 1 unspecified atom stereocenters. The third-order valence-electron chi connectivity index (χ3n) is 2.81. The Bertz CT molecular complexity index is 299. The molecular weight excluding hydrogens is 186 g/mol. The molecule has 1 aromatic rings. The highest BCUT2D eigenvalue weighted by Gasteiger charge is 2.10. The topological polar surface area (TPSA) is 42.1 Å². The van der Waals surface area contributed by atoms with Crippen LogP contribution in [-0.2, 0) is 6.54 Å². The lowest BCUT2D eigenvalue weighted by molar-refractivity contribution is 0.204. The van der Waals surface area contributed by atoms with Crippen LogP contribution in [0.5, 0.6) is 0 Å². The molecule has 1 rings (SSSR count). The second-order valence-corrected chi connectivity index (χ2v) is 3.87. The summed E-state index contributed by atoms with van der Waals surface area (Å²) in [4.78, 5) is 6.72. The van der Waals surface area contributed by atoms with Crippen molar-refractivity contribution in [1.82, 2.24) is 9.88 Å². The average molecular weight is 207 g/mol. The molecule has 0 aliphatic rings. The lowest BCUT2D eigenvalue weighted by atomic mass is 10.2. The van der Waals surface area contributed by atoms with Crippen LogP contribution in [0.1, 0.15) is 32.9 Å². The maximum absolute atomic E-state index is 5.65. The van der Waals surface area contributed by atoms with Crippen LogP contribution >= 0.6 is 0 Å². The van der Waals surface area contributed by atoms with Crippen molar-refractivity contribution in [2.75, 3.05) is 12.3 Å². The van der Waals surface area contributed by atoms with Crippen LogP contribution in [0.4, 0.5) is 5.82 Å². The van der Waals surface area contributed by atoms with Crippen LogP contribution in [0.3, 0.4) is 0 Å². The van der Waals surface area contributed by atoms with Gasteiger partial charge in [-0.05, 0) is 32.0 Å². The van der Waals surface area contributed by atoms with E-state index in [1.807, 2.05) is 18.2 Å². The Morgan fingerprint density at radius 2 is 2.13 bits per heavy atom. The van der Waals surface area contributed by atoms with Gasteiger partial charge in [0.1, 0.15) is 5.82 Å². The largest absolute Gasteiger partial charge is 0.384 e. The predicted molar refractivity (Wildman–Crippen MR) is 64.5 cm³/mol. The van der Waals surface area contributed by atoms with Crippen LogP contribution in [0.15, 0.2) is 18.2 Å². The molecule has 0 spiro atoms. The van der Waals surface area contributed by atoms with E-state index in [0.717, 1.165) is 25.2 Å². The molecule has 1 atom stereocenters. The van der Waals surface area contributed by atoms with Gasteiger partial charge in [0.15, 0.2) is 0 Å². The zero-order valence-corrected chi connectivity index (χ0v) is 9.90. The summed E-state index contributed by atoms with van der Waals surface area (Å²) < 4.78 is 0. The summed E-state index contributed by atoms with van der Waals surface area (Å²) in [6.45, 7) is 8.57. The minimum absolute atomic E-state index is 0.596. The van der Waals surface area contributed by atoms with Crippen molar-refractivity contribution < 1.29 is 0 Å². The lowest BCUT2D eigenvalue weighted by Gasteiger charge is -2.26. The van der Waals surface area contributed by atoms with E-state index in [2.05, 4.69) is 30.7 Å². The number of anilines is 1. The van der Waals surface area contributed by atoms with Gasteiger partial charge in [0.05, 0.1) is 5.69 Å². The van der Waals surface area contributed by atoms with Crippen molar-refractivity contribution in [2.45, 2.75) is 39.8 Å². The first-order valence-electron chi connectivity index (χ1n) is 5.62. The number of nitrogens with zero attached hydrogens (tertiary/aromatic N) is 2. The zero-order chi connectivity index (χ0) is 11.3. The molecule has 3 heteroatoms. The molecule has 0 aliphatic carbocycles. The van der Waals surface area contributed by atoms with Crippen molar-refractivity contribution in [3.05, 3.63) is 23.9 Å². The van der Waals surface area contributed by atoms with Gasteiger partial charge < -0.3 is 5.73 Å². The average Bonchev–Trinajstić information content (AvgIpc) is 2.25. The molecule has 0 saturated heterocycles. The van der Waals surface area contributed by atoms with Crippen molar-refractivity contribution in [2.24, 2.45) is 0 Å². The highest BCUT2D eigenvalue weighted by molar-refractivity contribution is 5.28.